The molecule has 3 rings (SSSR count). The van der Waals surface area contributed by atoms with E-state index in [0.29, 0.717) is 11.4 Å². The van der Waals surface area contributed by atoms with E-state index >= 15 is 0 Å². The lowest BCUT2D eigenvalue weighted by molar-refractivity contribution is -0.274. The van der Waals surface area contributed by atoms with E-state index in [1.54, 1.807) is 23.9 Å². The van der Waals surface area contributed by atoms with Crippen LogP contribution in [0.3, 0.4) is 0 Å². The first kappa shape index (κ1) is 20.6. The van der Waals surface area contributed by atoms with Crippen LogP contribution in [-0.4, -0.2) is 18.6 Å². The highest BCUT2D eigenvalue weighted by Gasteiger charge is 2.30. The van der Waals surface area contributed by atoms with Crippen molar-refractivity contribution >= 4 is 29.2 Å². The Hall–Kier alpha value is -3.13. The molecule has 4 nitrogen and oxygen atoms in total. The van der Waals surface area contributed by atoms with Gasteiger partial charge in [0.2, 0.25) is 0 Å². The third-order valence-corrected chi connectivity index (χ3v) is 4.67. The summed E-state index contributed by atoms with van der Waals surface area (Å²) in [4.78, 5) is 13.5. The maximum absolute atomic E-state index is 12.3. The molecule has 150 valence electrons. The molecule has 0 unspecified atom stereocenters. The van der Waals surface area contributed by atoms with Crippen molar-refractivity contribution in [1.29, 1.82) is 0 Å². The van der Waals surface area contributed by atoms with Crippen molar-refractivity contribution in [2.24, 2.45) is 0 Å². The Labute approximate surface area is 170 Å². The first-order valence-electron chi connectivity index (χ1n) is 8.51. The van der Waals surface area contributed by atoms with Crippen LogP contribution < -0.4 is 15.4 Å². The molecule has 3 aromatic rings. The number of carbonyl (C=O) groups excluding carboxylic acids is 1. The number of alkyl halides is 3. The molecule has 0 fully saturated rings. The minimum atomic E-state index is -4.76. The van der Waals surface area contributed by atoms with Crippen molar-refractivity contribution in [3.8, 4) is 16.9 Å². The summed E-state index contributed by atoms with van der Waals surface area (Å²) in [5.41, 5.74) is 2.74. The Balaban J connectivity index is 1.69. The van der Waals surface area contributed by atoms with Gasteiger partial charge in [0.15, 0.2) is 0 Å². The molecule has 0 aliphatic heterocycles. The van der Waals surface area contributed by atoms with E-state index in [4.69, 9.17) is 0 Å². The van der Waals surface area contributed by atoms with E-state index in [1.165, 1.54) is 12.1 Å². The number of rotatable bonds is 5. The fourth-order valence-corrected chi connectivity index (χ4v) is 3.05. The van der Waals surface area contributed by atoms with Crippen LogP contribution >= 0.6 is 11.8 Å². The molecule has 0 radical (unpaired) electrons. The summed E-state index contributed by atoms with van der Waals surface area (Å²) in [5, 5.41) is 5.36. The maximum atomic E-state index is 12.3. The third-order valence-electron chi connectivity index (χ3n) is 3.92. The highest BCUT2D eigenvalue weighted by molar-refractivity contribution is 7.98. The average molecular weight is 418 g/mol. The van der Waals surface area contributed by atoms with E-state index in [1.807, 2.05) is 42.7 Å². The van der Waals surface area contributed by atoms with Gasteiger partial charge in [-0.2, -0.15) is 0 Å². The molecule has 0 atom stereocenters. The normalized spacial score (nSPS) is 11.0. The molecular formula is C21H17F3N2O2S. The Morgan fingerprint density at radius 3 is 2.17 bits per heavy atom. The van der Waals surface area contributed by atoms with Crippen LogP contribution in [-0.2, 0) is 0 Å². The number of urea groups is 1. The summed E-state index contributed by atoms with van der Waals surface area (Å²) < 4.78 is 40.4. The van der Waals surface area contributed by atoms with E-state index in [2.05, 4.69) is 15.4 Å². The van der Waals surface area contributed by atoms with Crippen LogP contribution in [0.15, 0.2) is 77.7 Å². The van der Waals surface area contributed by atoms with Crippen LogP contribution in [0.4, 0.5) is 29.3 Å². The average Bonchev–Trinajstić information content (AvgIpc) is 2.69. The number of benzene rings is 3. The second-order valence-corrected chi connectivity index (χ2v) is 6.81. The molecule has 0 saturated heterocycles. The predicted octanol–water partition coefficient (Wildman–Crippen LogP) is 6.62. The van der Waals surface area contributed by atoms with Gasteiger partial charge in [0.05, 0.1) is 5.69 Å². The SMILES string of the molecule is CSc1ccc(-c2ccccc2NC(=O)Nc2ccc(OC(F)(F)F)cc2)cc1. The van der Waals surface area contributed by atoms with Gasteiger partial charge >= 0.3 is 12.4 Å². The molecule has 0 heterocycles. The number of carbonyl (C=O) groups is 1. The Kier molecular flexibility index (Phi) is 6.33. The number of halogens is 3. The molecule has 3 aromatic carbocycles. The summed E-state index contributed by atoms with van der Waals surface area (Å²) in [5.74, 6) is -0.359. The van der Waals surface area contributed by atoms with Crippen molar-refractivity contribution in [3.63, 3.8) is 0 Å². The first-order valence-corrected chi connectivity index (χ1v) is 9.74. The molecule has 0 aliphatic rings. The second-order valence-electron chi connectivity index (χ2n) is 5.93. The van der Waals surface area contributed by atoms with Gasteiger partial charge in [-0.1, -0.05) is 30.3 Å². The lowest BCUT2D eigenvalue weighted by Gasteiger charge is -2.13. The summed E-state index contributed by atoms with van der Waals surface area (Å²) in [7, 11) is 0. The number of para-hydroxylation sites is 1. The van der Waals surface area contributed by atoms with E-state index < -0.39 is 12.4 Å². The minimum Gasteiger partial charge on any atom is -0.406 e. The number of anilines is 2. The summed E-state index contributed by atoms with van der Waals surface area (Å²) in [6.45, 7) is 0. The fraction of sp³-hybridized carbons (Fsp3) is 0.0952. The standard InChI is InChI=1S/C21H17F3N2O2S/c1-29-17-12-6-14(7-13-17)18-4-2-3-5-19(18)26-20(27)25-15-8-10-16(11-9-15)28-21(22,23)24/h2-13H,1H3,(H2,25,26,27). The van der Waals surface area contributed by atoms with Gasteiger partial charge in [0.1, 0.15) is 5.75 Å². The molecule has 0 saturated carbocycles. The summed E-state index contributed by atoms with van der Waals surface area (Å²) in [6, 6.07) is 19.7. The molecule has 0 spiro atoms. The first-order chi connectivity index (χ1) is 13.8. The number of hydrogen-bond acceptors (Lipinski definition) is 3. The quantitative estimate of drug-likeness (QED) is 0.458. The highest BCUT2D eigenvalue weighted by Crippen LogP contribution is 2.30. The summed E-state index contributed by atoms with van der Waals surface area (Å²) >= 11 is 1.64. The topological polar surface area (TPSA) is 50.4 Å². The molecule has 0 aromatic heterocycles. The molecule has 0 aliphatic carbocycles. The van der Waals surface area contributed by atoms with Gasteiger partial charge in [-0.3, -0.25) is 0 Å². The largest absolute Gasteiger partial charge is 0.573 e. The third kappa shape index (κ3) is 5.92. The minimum absolute atomic E-state index is 0.332. The predicted molar refractivity (Wildman–Crippen MR) is 109 cm³/mol. The zero-order valence-electron chi connectivity index (χ0n) is 15.3. The molecular weight excluding hydrogens is 401 g/mol. The number of ether oxygens (including phenoxy) is 1. The maximum Gasteiger partial charge on any atom is 0.573 e. The van der Waals surface area contributed by atoms with Gasteiger partial charge in [-0.05, 0) is 54.3 Å². The summed E-state index contributed by atoms with van der Waals surface area (Å²) in [6.07, 6.45) is -2.76. The number of hydrogen-bond donors (Lipinski definition) is 2. The monoisotopic (exact) mass is 418 g/mol. The van der Waals surface area contributed by atoms with Gasteiger partial charge < -0.3 is 15.4 Å². The number of nitrogens with one attached hydrogen (secondary N) is 2. The zero-order valence-corrected chi connectivity index (χ0v) is 16.1. The van der Waals surface area contributed by atoms with Gasteiger partial charge in [-0.25, -0.2) is 4.79 Å². The Bertz CT molecular complexity index is 974. The van der Waals surface area contributed by atoms with Gasteiger partial charge in [0.25, 0.3) is 0 Å². The molecule has 2 N–H and O–H groups in total. The second kappa shape index (κ2) is 8.91. The molecule has 0 bridgehead atoms. The Morgan fingerprint density at radius 2 is 1.55 bits per heavy atom. The van der Waals surface area contributed by atoms with Crippen LogP contribution in [0.1, 0.15) is 0 Å². The van der Waals surface area contributed by atoms with Crippen molar-refractivity contribution < 1.29 is 22.7 Å². The van der Waals surface area contributed by atoms with Crippen LogP contribution in [0.2, 0.25) is 0 Å². The van der Waals surface area contributed by atoms with Gasteiger partial charge in [-0.15, -0.1) is 24.9 Å². The van der Waals surface area contributed by atoms with E-state index in [0.717, 1.165) is 28.2 Å². The number of amides is 2. The smallest absolute Gasteiger partial charge is 0.406 e. The van der Waals surface area contributed by atoms with E-state index in [-0.39, 0.29) is 5.75 Å². The van der Waals surface area contributed by atoms with Crippen LogP contribution in [0.5, 0.6) is 5.75 Å². The van der Waals surface area contributed by atoms with Crippen molar-refractivity contribution in [1.82, 2.24) is 0 Å². The fourth-order valence-electron chi connectivity index (χ4n) is 2.64. The molecule has 2 amide bonds. The van der Waals surface area contributed by atoms with Crippen molar-refractivity contribution in [2.75, 3.05) is 16.9 Å². The Morgan fingerprint density at radius 1 is 0.897 bits per heavy atom. The van der Waals surface area contributed by atoms with Crippen molar-refractivity contribution in [2.45, 2.75) is 11.3 Å². The van der Waals surface area contributed by atoms with Crippen LogP contribution in [0.25, 0.3) is 11.1 Å². The van der Waals surface area contributed by atoms with E-state index in [9.17, 15) is 18.0 Å². The lowest BCUT2D eigenvalue weighted by Crippen LogP contribution is -2.20. The zero-order chi connectivity index (χ0) is 20.9. The number of thioether (sulfide) groups is 1. The van der Waals surface area contributed by atoms with Crippen molar-refractivity contribution in [3.05, 3.63) is 72.8 Å². The molecule has 8 heteroatoms. The molecule has 29 heavy (non-hydrogen) atoms. The van der Waals surface area contributed by atoms with Crippen LogP contribution in [0, 0.1) is 0 Å². The van der Waals surface area contributed by atoms with Gasteiger partial charge in [0, 0.05) is 16.1 Å². The highest BCUT2D eigenvalue weighted by atomic mass is 32.2. The lowest BCUT2D eigenvalue weighted by atomic mass is 10.0.